The number of urea groups is 1. The second-order valence-electron chi connectivity index (χ2n) is 6.05. The normalized spacial score (nSPS) is 20.0. The highest BCUT2D eigenvalue weighted by Crippen LogP contribution is 2.19. The minimum atomic E-state index is -3.48. The maximum Gasteiger partial charge on any atom is 0.322 e. The van der Waals surface area contributed by atoms with Gasteiger partial charge in [0.1, 0.15) is 11.6 Å². The number of nitrogens with one attached hydrogen (secondary N) is 1. The Morgan fingerprint density at radius 1 is 0.960 bits per heavy atom. The lowest BCUT2D eigenvalue weighted by Gasteiger charge is -2.35. The van der Waals surface area contributed by atoms with Gasteiger partial charge in [-0.3, -0.25) is 0 Å². The minimum absolute atomic E-state index is 0.178. The van der Waals surface area contributed by atoms with Crippen molar-refractivity contribution < 1.29 is 22.0 Å². The molecule has 3 rings (SSSR count). The molecule has 2 heterocycles. The third-order valence-electron chi connectivity index (χ3n) is 4.41. The van der Waals surface area contributed by atoms with Gasteiger partial charge in [-0.1, -0.05) is 0 Å². The lowest BCUT2D eigenvalue weighted by Crippen LogP contribution is -2.54. The summed E-state index contributed by atoms with van der Waals surface area (Å²) < 4.78 is 54.5. The van der Waals surface area contributed by atoms with Gasteiger partial charge in [-0.15, -0.1) is 0 Å². The van der Waals surface area contributed by atoms with Crippen molar-refractivity contribution in [3.8, 4) is 0 Å². The fraction of sp³-hybridized carbons (Fsp3) is 0.533. The third kappa shape index (κ3) is 3.91. The highest BCUT2D eigenvalue weighted by molar-refractivity contribution is 7.86. The van der Waals surface area contributed by atoms with Gasteiger partial charge in [0, 0.05) is 45.3 Å². The van der Waals surface area contributed by atoms with E-state index in [1.165, 1.54) is 13.5 Å². The molecule has 138 valence electrons. The Bertz CT molecular complexity index is 745. The van der Waals surface area contributed by atoms with E-state index < -0.39 is 27.9 Å². The summed E-state index contributed by atoms with van der Waals surface area (Å²) in [6.45, 7) is 1.80. The van der Waals surface area contributed by atoms with Crippen LogP contribution in [0, 0.1) is 11.6 Å². The van der Waals surface area contributed by atoms with Crippen LogP contribution in [0.15, 0.2) is 18.2 Å². The van der Waals surface area contributed by atoms with E-state index in [9.17, 15) is 22.0 Å². The van der Waals surface area contributed by atoms with E-state index >= 15 is 0 Å². The van der Waals surface area contributed by atoms with Crippen molar-refractivity contribution in [1.29, 1.82) is 0 Å². The Balaban J connectivity index is 1.58. The monoisotopic (exact) mass is 374 g/mol. The number of carbonyl (C=O) groups is 1. The number of amides is 2. The zero-order valence-electron chi connectivity index (χ0n) is 13.6. The third-order valence-corrected chi connectivity index (χ3v) is 6.45. The molecule has 1 N–H and O–H groups in total. The maximum absolute atomic E-state index is 13.6. The Hall–Kier alpha value is -1.78. The van der Waals surface area contributed by atoms with Gasteiger partial charge in [-0.05, 0) is 25.0 Å². The van der Waals surface area contributed by atoms with Crippen LogP contribution in [0.5, 0.6) is 0 Å². The summed E-state index contributed by atoms with van der Waals surface area (Å²) in [5, 5.41) is 2.32. The highest BCUT2D eigenvalue weighted by Gasteiger charge is 2.34. The first-order valence-corrected chi connectivity index (χ1v) is 9.54. The van der Waals surface area contributed by atoms with E-state index in [1.807, 2.05) is 0 Å². The largest absolute Gasteiger partial charge is 0.322 e. The molecule has 25 heavy (non-hydrogen) atoms. The molecule has 2 amide bonds. The number of piperazine rings is 1. The van der Waals surface area contributed by atoms with Crippen LogP contribution in [-0.2, 0) is 10.2 Å². The molecule has 2 aliphatic heterocycles. The maximum atomic E-state index is 13.6. The summed E-state index contributed by atoms with van der Waals surface area (Å²) in [5.74, 6) is -1.39. The lowest BCUT2D eigenvalue weighted by atomic mass is 10.3. The molecule has 2 aliphatic rings. The lowest BCUT2D eigenvalue weighted by molar-refractivity contribution is 0.181. The van der Waals surface area contributed by atoms with Crippen molar-refractivity contribution in [1.82, 2.24) is 13.5 Å². The smallest absolute Gasteiger partial charge is 0.322 e. The van der Waals surface area contributed by atoms with Crippen LogP contribution in [0.25, 0.3) is 0 Å². The van der Waals surface area contributed by atoms with Crippen LogP contribution in [-0.4, -0.2) is 67.2 Å². The first-order chi connectivity index (χ1) is 11.9. The van der Waals surface area contributed by atoms with E-state index in [2.05, 4.69) is 5.32 Å². The number of halogens is 2. The summed E-state index contributed by atoms with van der Waals surface area (Å²) in [7, 11) is -3.48. The molecular weight excluding hydrogens is 354 g/mol. The fourth-order valence-electron chi connectivity index (χ4n) is 2.99. The van der Waals surface area contributed by atoms with Crippen LogP contribution < -0.4 is 5.32 Å². The summed E-state index contributed by atoms with van der Waals surface area (Å²) in [4.78, 5) is 13.6. The molecule has 0 bridgehead atoms. The zero-order valence-corrected chi connectivity index (χ0v) is 14.4. The molecule has 2 saturated heterocycles. The van der Waals surface area contributed by atoms with Gasteiger partial charge in [-0.2, -0.15) is 17.0 Å². The van der Waals surface area contributed by atoms with E-state index in [4.69, 9.17) is 0 Å². The van der Waals surface area contributed by atoms with E-state index in [-0.39, 0.29) is 31.9 Å². The van der Waals surface area contributed by atoms with Gasteiger partial charge in [0.15, 0.2) is 0 Å². The molecule has 0 aromatic heterocycles. The summed E-state index contributed by atoms with van der Waals surface area (Å²) in [6, 6.07) is 2.22. The first-order valence-electron chi connectivity index (χ1n) is 8.14. The number of rotatable bonds is 3. The van der Waals surface area contributed by atoms with Crippen LogP contribution in [0.1, 0.15) is 12.8 Å². The standard InChI is InChI=1S/C15H20F2N4O3S/c16-12-3-4-13(17)14(11-12)18-15(22)19-7-9-21(10-8-19)25(23,24)20-5-1-2-6-20/h3-4,11H,1-2,5-10H2,(H,18,22). The summed E-state index contributed by atoms with van der Waals surface area (Å²) in [5.41, 5.74) is -0.239. The van der Waals surface area contributed by atoms with Crippen LogP contribution >= 0.6 is 0 Å². The molecule has 2 fully saturated rings. The fourth-order valence-corrected chi connectivity index (χ4v) is 4.66. The number of benzene rings is 1. The molecule has 0 radical (unpaired) electrons. The molecular formula is C15H20F2N4O3S. The minimum Gasteiger partial charge on any atom is -0.322 e. The Morgan fingerprint density at radius 3 is 2.20 bits per heavy atom. The van der Waals surface area contributed by atoms with Crippen molar-refractivity contribution in [3.63, 3.8) is 0 Å². The Morgan fingerprint density at radius 2 is 1.56 bits per heavy atom. The summed E-state index contributed by atoms with van der Waals surface area (Å²) in [6.07, 6.45) is 1.72. The summed E-state index contributed by atoms with van der Waals surface area (Å²) >= 11 is 0. The topological polar surface area (TPSA) is 73.0 Å². The molecule has 0 spiro atoms. The van der Waals surface area contributed by atoms with Crippen LogP contribution in [0.3, 0.4) is 0 Å². The predicted octanol–water partition coefficient (Wildman–Crippen LogP) is 1.45. The number of hydrogen-bond donors (Lipinski definition) is 1. The number of nitrogens with zero attached hydrogens (tertiary/aromatic N) is 3. The van der Waals surface area contributed by atoms with Crippen LogP contribution in [0.2, 0.25) is 0 Å². The molecule has 10 heteroatoms. The Labute approximate surface area is 145 Å². The predicted molar refractivity (Wildman–Crippen MR) is 88.2 cm³/mol. The molecule has 1 aromatic carbocycles. The molecule has 7 nitrogen and oxygen atoms in total. The highest BCUT2D eigenvalue weighted by atomic mass is 32.2. The van der Waals surface area contributed by atoms with Crippen molar-refractivity contribution in [2.75, 3.05) is 44.6 Å². The molecule has 0 unspecified atom stereocenters. The number of hydrogen-bond acceptors (Lipinski definition) is 3. The van der Waals surface area contributed by atoms with Gasteiger partial charge >= 0.3 is 6.03 Å². The van der Waals surface area contributed by atoms with Gasteiger partial charge in [0.05, 0.1) is 5.69 Å². The second-order valence-corrected chi connectivity index (χ2v) is 7.98. The average Bonchev–Trinajstić information content (AvgIpc) is 3.13. The van der Waals surface area contributed by atoms with Crippen molar-refractivity contribution >= 4 is 21.9 Å². The quantitative estimate of drug-likeness (QED) is 0.871. The van der Waals surface area contributed by atoms with Gasteiger partial charge < -0.3 is 10.2 Å². The second kappa shape index (κ2) is 7.22. The number of anilines is 1. The van der Waals surface area contributed by atoms with Gasteiger partial charge in [-0.25, -0.2) is 13.6 Å². The van der Waals surface area contributed by atoms with E-state index in [1.54, 1.807) is 0 Å². The zero-order chi connectivity index (χ0) is 18.0. The van der Waals surface area contributed by atoms with Crippen molar-refractivity contribution in [2.24, 2.45) is 0 Å². The molecule has 0 aliphatic carbocycles. The van der Waals surface area contributed by atoms with Gasteiger partial charge in [0.25, 0.3) is 10.2 Å². The van der Waals surface area contributed by atoms with Crippen molar-refractivity contribution in [2.45, 2.75) is 12.8 Å². The molecule has 1 aromatic rings. The molecule has 0 saturated carbocycles. The number of carbonyl (C=O) groups excluding carboxylic acids is 1. The van der Waals surface area contributed by atoms with Crippen molar-refractivity contribution in [3.05, 3.63) is 29.8 Å². The van der Waals surface area contributed by atoms with Gasteiger partial charge in [0.2, 0.25) is 0 Å². The Kier molecular flexibility index (Phi) is 5.21. The molecule has 0 atom stereocenters. The van der Waals surface area contributed by atoms with E-state index in [0.29, 0.717) is 13.1 Å². The van der Waals surface area contributed by atoms with Crippen LogP contribution in [0.4, 0.5) is 19.3 Å². The first kappa shape index (κ1) is 18.0. The average molecular weight is 374 g/mol. The van der Waals surface area contributed by atoms with E-state index in [0.717, 1.165) is 31.0 Å². The SMILES string of the molecule is O=C(Nc1cc(F)ccc1F)N1CCN(S(=O)(=O)N2CCCC2)CC1.